The lowest BCUT2D eigenvalue weighted by Gasteiger charge is -2.32. The fraction of sp³-hybridized carbons (Fsp3) is 0.333. The van der Waals surface area contributed by atoms with Crippen molar-refractivity contribution in [2.24, 2.45) is 0 Å². The van der Waals surface area contributed by atoms with Crippen molar-refractivity contribution in [3.63, 3.8) is 0 Å². The van der Waals surface area contributed by atoms with Crippen molar-refractivity contribution in [1.82, 2.24) is 14.5 Å². The molecule has 0 bridgehead atoms. The standard InChI is InChI=1S/C21H26ClFN4O4S/c1-15(21(29)24-2)26(13-16-8-7-9-17(22)12-16)20(28)14-27(32(30,31)25(3)4)19-11-6-5-10-18(19)23/h5-12,15H,13-14H2,1-4H3,(H,24,29)/t15-/m1/s1. The van der Waals surface area contributed by atoms with Crippen LogP contribution in [0.4, 0.5) is 10.1 Å². The third-order valence-corrected chi connectivity index (χ3v) is 6.84. The molecule has 2 aromatic rings. The molecule has 0 aliphatic carbocycles. The van der Waals surface area contributed by atoms with E-state index in [2.05, 4.69) is 5.32 Å². The van der Waals surface area contributed by atoms with Gasteiger partial charge in [0.25, 0.3) is 0 Å². The Morgan fingerprint density at radius 1 is 1.12 bits per heavy atom. The SMILES string of the molecule is CNC(=O)[C@@H](C)N(Cc1cccc(Cl)c1)C(=O)CN(c1ccccc1F)S(=O)(=O)N(C)C. The Morgan fingerprint density at radius 2 is 1.78 bits per heavy atom. The molecule has 2 aromatic carbocycles. The Labute approximate surface area is 192 Å². The van der Waals surface area contributed by atoms with Gasteiger partial charge in [-0.05, 0) is 36.8 Å². The first-order valence-corrected chi connectivity index (χ1v) is 11.5. The van der Waals surface area contributed by atoms with E-state index in [0.717, 1.165) is 10.4 Å². The van der Waals surface area contributed by atoms with E-state index in [4.69, 9.17) is 11.6 Å². The maximum Gasteiger partial charge on any atom is 0.304 e. The van der Waals surface area contributed by atoms with Crippen molar-refractivity contribution in [3.8, 4) is 0 Å². The number of para-hydroxylation sites is 1. The van der Waals surface area contributed by atoms with Gasteiger partial charge in [0.1, 0.15) is 18.4 Å². The molecule has 0 fully saturated rings. The number of hydrogen-bond donors (Lipinski definition) is 1. The summed E-state index contributed by atoms with van der Waals surface area (Å²) in [6.07, 6.45) is 0. The minimum absolute atomic E-state index is 0.00109. The molecule has 0 aliphatic rings. The zero-order valence-corrected chi connectivity index (χ0v) is 19.8. The number of halogens is 2. The van der Waals surface area contributed by atoms with Crippen LogP contribution in [0.15, 0.2) is 48.5 Å². The zero-order chi connectivity index (χ0) is 24.1. The predicted molar refractivity (Wildman–Crippen MR) is 122 cm³/mol. The minimum Gasteiger partial charge on any atom is -0.357 e. The topological polar surface area (TPSA) is 90.0 Å². The summed E-state index contributed by atoms with van der Waals surface area (Å²) in [6.45, 7) is 0.819. The molecule has 0 saturated carbocycles. The number of likely N-dealkylation sites (N-methyl/N-ethyl adjacent to an activating group) is 1. The van der Waals surface area contributed by atoms with Crippen LogP contribution in [-0.4, -0.2) is 63.2 Å². The van der Waals surface area contributed by atoms with Crippen LogP contribution in [-0.2, 0) is 26.3 Å². The van der Waals surface area contributed by atoms with Gasteiger partial charge in [0.2, 0.25) is 11.8 Å². The normalized spacial score (nSPS) is 12.3. The highest BCUT2D eigenvalue weighted by molar-refractivity contribution is 7.90. The monoisotopic (exact) mass is 484 g/mol. The third-order valence-electron chi connectivity index (χ3n) is 4.80. The molecule has 1 N–H and O–H groups in total. The van der Waals surface area contributed by atoms with Gasteiger partial charge in [0, 0.05) is 32.7 Å². The van der Waals surface area contributed by atoms with Crippen molar-refractivity contribution in [2.45, 2.75) is 19.5 Å². The first-order chi connectivity index (χ1) is 15.0. The van der Waals surface area contributed by atoms with Crippen LogP contribution in [0.5, 0.6) is 0 Å². The average molecular weight is 485 g/mol. The molecule has 0 saturated heterocycles. The number of rotatable bonds is 9. The van der Waals surface area contributed by atoms with E-state index < -0.39 is 40.4 Å². The van der Waals surface area contributed by atoms with Gasteiger partial charge in [-0.25, -0.2) is 8.70 Å². The average Bonchev–Trinajstić information content (AvgIpc) is 2.75. The highest BCUT2D eigenvalue weighted by atomic mass is 35.5. The van der Waals surface area contributed by atoms with E-state index >= 15 is 0 Å². The number of amides is 2. The molecule has 0 aliphatic heterocycles. The number of nitrogens with zero attached hydrogens (tertiary/aromatic N) is 3. The number of anilines is 1. The maximum absolute atomic E-state index is 14.5. The van der Waals surface area contributed by atoms with Crippen LogP contribution in [0.25, 0.3) is 0 Å². The second-order valence-electron chi connectivity index (χ2n) is 7.19. The second kappa shape index (κ2) is 10.8. The predicted octanol–water partition coefficient (Wildman–Crippen LogP) is 2.26. The summed E-state index contributed by atoms with van der Waals surface area (Å²) in [5.74, 6) is -1.92. The summed E-state index contributed by atoms with van der Waals surface area (Å²) in [7, 11) is -0.219. The van der Waals surface area contributed by atoms with E-state index in [1.807, 2.05) is 0 Å². The van der Waals surface area contributed by atoms with E-state index in [-0.39, 0.29) is 12.2 Å². The molecular weight excluding hydrogens is 459 g/mol. The molecule has 0 heterocycles. The summed E-state index contributed by atoms with van der Waals surface area (Å²) in [6, 6.07) is 11.1. The highest BCUT2D eigenvalue weighted by Crippen LogP contribution is 2.24. The molecular formula is C21H26ClFN4O4S. The van der Waals surface area contributed by atoms with Crippen LogP contribution < -0.4 is 9.62 Å². The lowest BCUT2D eigenvalue weighted by atomic mass is 10.1. The number of hydrogen-bond acceptors (Lipinski definition) is 4. The number of carbonyl (C=O) groups excluding carboxylic acids is 2. The molecule has 0 spiro atoms. The molecule has 8 nitrogen and oxygen atoms in total. The summed E-state index contributed by atoms with van der Waals surface area (Å²) < 4.78 is 41.9. The number of benzene rings is 2. The van der Waals surface area contributed by atoms with Crippen LogP contribution in [0.3, 0.4) is 0 Å². The molecule has 0 aromatic heterocycles. The van der Waals surface area contributed by atoms with E-state index in [1.165, 1.54) is 51.2 Å². The Bertz CT molecular complexity index is 1080. The van der Waals surface area contributed by atoms with E-state index in [9.17, 15) is 22.4 Å². The highest BCUT2D eigenvalue weighted by Gasteiger charge is 2.33. The summed E-state index contributed by atoms with van der Waals surface area (Å²) in [5.41, 5.74) is 0.374. The van der Waals surface area contributed by atoms with Crippen molar-refractivity contribution in [1.29, 1.82) is 0 Å². The Morgan fingerprint density at radius 3 is 2.34 bits per heavy atom. The molecule has 0 radical (unpaired) electrons. The smallest absolute Gasteiger partial charge is 0.304 e. The molecule has 2 rings (SSSR count). The summed E-state index contributed by atoms with van der Waals surface area (Å²) in [5, 5.41) is 2.93. The van der Waals surface area contributed by atoms with Gasteiger partial charge in [-0.2, -0.15) is 12.7 Å². The first kappa shape index (κ1) is 25.6. The molecule has 2 amide bonds. The largest absolute Gasteiger partial charge is 0.357 e. The lowest BCUT2D eigenvalue weighted by molar-refractivity contribution is -0.139. The maximum atomic E-state index is 14.5. The van der Waals surface area contributed by atoms with Gasteiger partial charge in [-0.15, -0.1) is 0 Å². The van der Waals surface area contributed by atoms with Crippen LogP contribution in [0.1, 0.15) is 12.5 Å². The van der Waals surface area contributed by atoms with E-state index in [0.29, 0.717) is 14.9 Å². The molecule has 11 heteroatoms. The Kier molecular flexibility index (Phi) is 8.59. The van der Waals surface area contributed by atoms with Gasteiger partial charge in [0.15, 0.2) is 0 Å². The van der Waals surface area contributed by atoms with Crippen LogP contribution >= 0.6 is 11.6 Å². The second-order valence-corrected chi connectivity index (χ2v) is 9.69. The van der Waals surface area contributed by atoms with Crippen molar-refractivity contribution >= 4 is 39.3 Å². The van der Waals surface area contributed by atoms with Gasteiger partial charge in [-0.3, -0.25) is 9.59 Å². The van der Waals surface area contributed by atoms with Crippen LogP contribution in [0, 0.1) is 5.82 Å². The minimum atomic E-state index is -4.22. The summed E-state index contributed by atoms with van der Waals surface area (Å²) in [4.78, 5) is 26.8. The number of nitrogens with one attached hydrogen (secondary N) is 1. The van der Waals surface area contributed by atoms with Gasteiger partial charge >= 0.3 is 10.2 Å². The third kappa shape index (κ3) is 5.96. The van der Waals surface area contributed by atoms with Gasteiger partial charge in [0.05, 0.1) is 5.69 Å². The molecule has 0 unspecified atom stereocenters. The number of carbonyl (C=O) groups is 2. The lowest BCUT2D eigenvalue weighted by Crippen LogP contribution is -2.52. The Balaban J connectivity index is 2.47. The molecule has 174 valence electrons. The first-order valence-electron chi connectivity index (χ1n) is 9.69. The van der Waals surface area contributed by atoms with E-state index in [1.54, 1.807) is 24.3 Å². The summed E-state index contributed by atoms with van der Waals surface area (Å²) >= 11 is 6.04. The fourth-order valence-electron chi connectivity index (χ4n) is 2.98. The van der Waals surface area contributed by atoms with Crippen molar-refractivity contribution in [3.05, 3.63) is 64.9 Å². The van der Waals surface area contributed by atoms with Crippen molar-refractivity contribution in [2.75, 3.05) is 32.0 Å². The fourth-order valence-corrected chi connectivity index (χ4v) is 4.26. The Hall–Kier alpha value is -2.69. The zero-order valence-electron chi connectivity index (χ0n) is 18.2. The quantitative estimate of drug-likeness (QED) is 0.591. The van der Waals surface area contributed by atoms with Gasteiger partial charge < -0.3 is 10.2 Å². The van der Waals surface area contributed by atoms with Crippen LogP contribution in [0.2, 0.25) is 5.02 Å². The molecule has 32 heavy (non-hydrogen) atoms. The van der Waals surface area contributed by atoms with Gasteiger partial charge in [-0.1, -0.05) is 35.9 Å². The molecule has 1 atom stereocenters. The van der Waals surface area contributed by atoms with Crippen molar-refractivity contribution < 1.29 is 22.4 Å².